The average Bonchev–Trinajstić information content (AvgIpc) is 2.45. The molecule has 2 amide bonds. The van der Waals surface area contributed by atoms with E-state index in [1.54, 1.807) is 0 Å². The van der Waals surface area contributed by atoms with Gasteiger partial charge in [0, 0.05) is 13.1 Å². The second-order valence-electron chi connectivity index (χ2n) is 3.13. The van der Waals surface area contributed by atoms with Crippen molar-refractivity contribution >= 4 is 17.5 Å². The minimum atomic E-state index is -0.422. The van der Waals surface area contributed by atoms with Gasteiger partial charge >= 0.3 is 0 Å². The first kappa shape index (κ1) is 8.18. The Morgan fingerprint density at radius 2 is 2.31 bits per heavy atom. The van der Waals surface area contributed by atoms with Crippen LogP contribution in [0.5, 0.6) is 0 Å². The molecule has 0 aliphatic carbocycles. The molecule has 0 aromatic rings. The van der Waals surface area contributed by atoms with Gasteiger partial charge in [0.2, 0.25) is 5.91 Å². The lowest BCUT2D eigenvalue weighted by Crippen LogP contribution is -2.55. The zero-order chi connectivity index (χ0) is 9.42. The van der Waals surface area contributed by atoms with E-state index in [1.165, 1.54) is 4.90 Å². The highest BCUT2D eigenvalue weighted by molar-refractivity contribution is 6.43. The smallest absolute Gasteiger partial charge is 0.270 e. The number of hydrogen-bond acceptors (Lipinski definition) is 4. The first-order chi connectivity index (χ1) is 6.16. The predicted octanol–water partition coefficient (Wildman–Crippen LogP) is -1.93. The number of hydrazone groups is 1. The molecule has 2 aliphatic rings. The summed E-state index contributed by atoms with van der Waals surface area (Å²) in [7, 11) is 0. The topological polar surface area (TPSA) is 82.0 Å². The van der Waals surface area contributed by atoms with Gasteiger partial charge in [-0.15, -0.1) is 0 Å². The third-order valence-electron chi connectivity index (χ3n) is 2.04. The molecule has 0 atom stereocenters. The van der Waals surface area contributed by atoms with Crippen LogP contribution in [0.25, 0.3) is 0 Å². The first-order valence-electron chi connectivity index (χ1n) is 3.99. The van der Waals surface area contributed by atoms with Crippen LogP contribution in [-0.4, -0.2) is 46.7 Å². The number of carbonyl (C=O) groups is 2. The Hall–Kier alpha value is -1.43. The average molecular weight is 183 g/mol. The molecule has 2 aliphatic heterocycles. The lowest BCUT2D eigenvalue weighted by molar-refractivity contribution is -0.134. The summed E-state index contributed by atoms with van der Waals surface area (Å²) in [6.45, 7) is 0.679. The van der Waals surface area contributed by atoms with Crippen LogP contribution in [0.3, 0.4) is 0 Å². The highest BCUT2D eigenvalue weighted by atomic mass is 16.3. The molecule has 2 N–H and O–H groups in total. The van der Waals surface area contributed by atoms with Gasteiger partial charge in [0.25, 0.3) is 5.91 Å². The van der Waals surface area contributed by atoms with Gasteiger partial charge in [0.1, 0.15) is 5.71 Å². The van der Waals surface area contributed by atoms with Crippen LogP contribution in [0.2, 0.25) is 0 Å². The summed E-state index contributed by atoms with van der Waals surface area (Å²) in [5.41, 5.74) is 2.44. The predicted molar refractivity (Wildman–Crippen MR) is 42.8 cm³/mol. The van der Waals surface area contributed by atoms with E-state index in [4.69, 9.17) is 5.11 Å². The number of likely N-dealkylation sites (tertiary alicyclic amines) is 1. The number of amides is 2. The van der Waals surface area contributed by atoms with Crippen molar-refractivity contribution in [2.75, 3.05) is 13.1 Å². The number of aliphatic hydroxyl groups excluding tert-OH is 1. The Balaban J connectivity index is 1.95. The highest BCUT2D eigenvalue weighted by Crippen LogP contribution is 2.10. The number of nitrogens with one attached hydrogen (secondary N) is 1. The number of hydrogen-bond donors (Lipinski definition) is 2. The molecule has 70 valence electrons. The lowest BCUT2D eigenvalue weighted by atomic mass is 10.1. The molecule has 6 heteroatoms. The van der Waals surface area contributed by atoms with E-state index < -0.39 is 6.10 Å². The Morgan fingerprint density at radius 3 is 2.77 bits per heavy atom. The standard InChI is InChI=1S/C7H9N3O3/c11-4-2-10(3-4)7(13)5-1-6(12)9-8-5/h4,11H,1-3H2,(H,9,12). The van der Waals surface area contributed by atoms with E-state index in [-0.39, 0.29) is 23.9 Å². The minimum absolute atomic E-state index is 0.0471. The summed E-state index contributed by atoms with van der Waals surface area (Å²) in [5.74, 6) is -0.520. The van der Waals surface area contributed by atoms with E-state index >= 15 is 0 Å². The van der Waals surface area contributed by atoms with Gasteiger partial charge in [0.05, 0.1) is 12.5 Å². The Bertz CT molecular complexity index is 293. The molecule has 2 rings (SSSR count). The zero-order valence-electron chi connectivity index (χ0n) is 6.86. The number of nitrogens with zero attached hydrogens (tertiary/aromatic N) is 2. The normalized spacial score (nSPS) is 22.4. The van der Waals surface area contributed by atoms with Crippen molar-refractivity contribution in [3.63, 3.8) is 0 Å². The molecule has 6 nitrogen and oxygen atoms in total. The second kappa shape index (κ2) is 2.81. The number of β-amino-alcohol motifs (C(OH)–C–C–N with tert-alkyl or cyclic N) is 1. The Labute approximate surface area is 74.2 Å². The molecule has 0 radical (unpaired) electrons. The van der Waals surface area contributed by atoms with Gasteiger partial charge in [-0.1, -0.05) is 0 Å². The summed E-state index contributed by atoms with van der Waals surface area (Å²) in [5, 5.41) is 12.5. The number of carbonyl (C=O) groups excluding carboxylic acids is 2. The van der Waals surface area contributed by atoms with Crippen molar-refractivity contribution in [3.8, 4) is 0 Å². The molecule has 0 aromatic carbocycles. The van der Waals surface area contributed by atoms with Crippen molar-refractivity contribution in [2.45, 2.75) is 12.5 Å². The summed E-state index contributed by atoms with van der Waals surface area (Å²) < 4.78 is 0. The maximum atomic E-state index is 11.4. The van der Waals surface area contributed by atoms with E-state index in [2.05, 4.69) is 10.5 Å². The molecule has 2 heterocycles. The first-order valence-corrected chi connectivity index (χ1v) is 3.99. The highest BCUT2D eigenvalue weighted by Gasteiger charge is 2.33. The molecule has 0 aromatic heterocycles. The number of aliphatic hydroxyl groups is 1. The maximum Gasteiger partial charge on any atom is 0.270 e. The van der Waals surface area contributed by atoms with Crippen LogP contribution in [-0.2, 0) is 9.59 Å². The summed E-state index contributed by atoms with van der Waals surface area (Å²) in [4.78, 5) is 23.6. The van der Waals surface area contributed by atoms with Crippen LogP contribution in [0.15, 0.2) is 5.10 Å². The maximum absolute atomic E-state index is 11.4. The van der Waals surface area contributed by atoms with Crippen LogP contribution >= 0.6 is 0 Å². The third-order valence-corrected chi connectivity index (χ3v) is 2.04. The van der Waals surface area contributed by atoms with Gasteiger partial charge in [0.15, 0.2) is 0 Å². The van der Waals surface area contributed by atoms with Gasteiger partial charge in [-0.05, 0) is 0 Å². The summed E-state index contributed by atoms with van der Waals surface area (Å²) >= 11 is 0. The fourth-order valence-corrected chi connectivity index (χ4v) is 1.29. The van der Waals surface area contributed by atoms with Gasteiger partial charge in [-0.25, -0.2) is 5.43 Å². The minimum Gasteiger partial charge on any atom is -0.389 e. The quantitative estimate of drug-likeness (QED) is 0.496. The SMILES string of the molecule is O=C1CC(C(=O)N2CC(O)C2)=NN1. The van der Waals surface area contributed by atoms with Crippen molar-refractivity contribution in [3.05, 3.63) is 0 Å². The third kappa shape index (κ3) is 1.40. The Morgan fingerprint density at radius 1 is 1.62 bits per heavy atom. The van der Waals surface area contributed by atoms with Gasteiger partial charge < -0.3 is 10.0 Å². The lowest BCUT2D eigenvalue weighted by Gasteiger charge is -2.35. The molecule has 0 saturated carbocycles. The second-order valence-corrected chi connectivity index (χ2v) is 3.13. The summed E-state index contributed by atoms with van der Waals surface area (Å²) in [6.07, 6.45) is -0.375. The molecule has 0 spiro atoms. The fraction of sp³-hybridized carbons (Fsp3) is 0.571. The van der Waals surface area contributed by atoms with E-state index in [0.717, 1.165) is 0 Å². The van der Waals surface area contributed by atoms with E-state index in [0.29, 0.717) is 13.1 Å². The van der Waals surface area contributed by atoms with Crippen molar-refractivity contribution in [1.29, 1.82) is 0 Å². The molecule has 1 fully saturated rings. The molecular formula is C7H9N3O3. The van der Waals surface area contributed by atoms with E-state index in [9.17, 15) is 9.59 Å². The number of rotatable bonds is 1. The summed E-state index contributed by atoms with van der Waals surface area (Å²) in [6, 6.07) is 0. The molecule has 13 heavy (non-hydrogen) atoms. The molecular weight excluding hydrogens is 174 g/mol. The molecule has 1 saturated heterocycles. The van der Waals surface area contributed by atoms with Crippen LogP contribution < -0.4 is 5.43 Å². The van der Waals surface area contributed by atoms with Crippen LogP contribution in [0.1, 0.15) is 6.42 Å². The monoisotopic (exact) mass is 183 g/mol. The molecule has 0 bridgehead atoms. The van der Waals surface area contributed by atoms with Crippen molar-refractivity contribution in [2.24, 2.45) is 5.10 Å². The van der Waals surface area contributed by atoms with Crippen molar-refractivity contribution < 1.29 is 14.7 Å². The zero-order valence-corrected chi connectivity index (χ0v) is 6.86. The van der Waals surface area contributed by atoms with Gasteiger partial charge in [-0.3, -0.25) is 9.59 Å². The van der Waals surface area contributed by atoms with Crippen molar-refractivity contribution in [1.82, 2.24) is 10.3 Å². The molecule has 0 unspecified atom stereocenters. The largest absolute Gasteiger partial charge is 0.389 e. The fourth-order valence-electron chi connectivity index (χ4n) is 1.29. The van der Waals surface area contributed by atoms with Crippen LogP contribution in [0.4, 0.5) is 0 Å². The van der Waals surface area contributed by atoms with E-state index in [1.807, 2.05) is 0 Å². The van der Waals surface area contributed by atoms with Crippen LogP contribution in [0, 0.1) is 0 Å². The van der Waals surface area contributed by atoms with Gasteiger partial charge in [-0.2, -0.15) is 5.10 Å². The Kier molecular flexibility index (Phi) is 1.77.